The number of hydrogen-bond donors (Lipinski definition) is 1. The Morgan fingerprint density at radius 3 is 2.50 bits per heavy atom. The van der Waals surface area contributed by atoms with Crippen LogP contribution < -0.4 is 14.2 Å². The Hall–Kier alpha value is -3.33. The van der Waals surface area contributed by atoms with Crippen LogP contribution in [0.4, 0.5) is 0 Å². The van der Waals surface area contributed by atoms with E-state index in [-0.39, 0.29) is 16.2 Å². The topological polar surface area (TPSA) is 99.5 Å². The van der Waals surface area contributed by atoms with Crippen molar-refractivity contribution in [2.45, 2.75) is 24.8 Å². The summed E-state index contributed by atoms with van der Waals surface area (Å²) in [6.45, 7) is 2.37. The van der Waals surface area contributed by atoms with E-state index in [0.29, 0.717) is 18.7 Å². The van der Waals surface area contributed by atoms with Crippen molar-refractivity contribution in [1.82, 2.24) is 14.5 Å². The zero-order valence-corrected chi connectivity index (χ0v) is 17.8. The van der Waals surface area contributed by atoms with Gasteiger partial charge < -0.3 is 9.47 Å². The maximum absolute atomic E-state index is 12.8. The molecule has 1 aromatic heterocycles. The number of methoxy groups -OCH3 is 2. The van der Waals surface area contributed by atoms with Crippen molar-refractivity contribution in [3.05, 3.63) is 71.5 Å². The molecule has 0 saturated heterocycles. The van der Waals surface area contributed by atoms with E-state index in [1.807, 2.05) is 13.1 Å². The van der Waals surface area contributed by atoms with Gasteiger partial charge in [0.05, 0.1) is 20.8 Å². The van der Waals surface area contributed by atoms with Gasteiger partial charge in [0, 0.05) is 23.5 Å². The molecule has 0 bridgehead atoms. The van der Waals surface area contributed by atoms with E-state index in [9.17, 15) is 13.2 Å². The Morgan fingerprint density at radius 2 is 1.87 bits per heavy atom. The van der Waals surface area contributed by atoms with E-state index in [1.54, 1.807) is 41.2 Å². The Morgan fingerprint density at radius 1 is 1.10 bits per heavy atom. The number of ether oxygens (including phenoxy) is 2. The molecule has 9 heteroatoms. The van der Waals surface area contributed by atoms with E-state index in [1.165, 1.54) is 26.4 Å². The minimum absolute atomic E-state index is 0.0834. The van der Waals surface area contributed by atoms with Crippen LogP contribution in [-0.4, -0.2) is 38.3 Å². The first kappa shape index (κ1) is 21.4. The maximum atomic E-state index is 12.8. The number of nitrogens with zero attached hydrogens (tertiary/aromatic N) is 2. The van der Waals surface area contributed by atoms with Crippen LogP contribution in [0.1, 0.15) is 28.4 Å². The molecular weight excluding hydrogens is 406 g/mol. The van der Waals surface area contributed by atoms with Crippen LogP contribution in [0.25, 0.3) is 0 Å². The lowest BCUT2D eigenvalue weighted by atomic mass is 10.1. The second-order valence-electron chi connectivity index (χ2n) is 6.50. The normalized spacial score (nSPS) is 11.2. The van der Waals surface area contributed by atoms with Crippen LogP contribution in [0.5, 0.6) is 11.5 Å². The first-order valence-corrected chi connectivity index (χ1v) is 10.7. The zero-order chi connectivity index (χ0) is 21.7. The lowest BCUT2D eigenvalue weighted by Gasteiger charge is -2.13. The highest BCUT2D eigenvalue weighted by Crippen LogP contribution is 2.26. The van der Waals surface area contributed by atoms with Crippen molar-refractivity contribution in [2.24, 2.45) is 0 Å². The van der Waals surface area contributed by atoms with Gasteiger partial charge in [-0.05, 0) is 42.3 Å². The van der Waals surface area contributed by atoms with Crippen LogP contribution >= 0.6 is 0 Å². The molecule has 1 heterocycles. The molecule has 0 radical (unpaired) electrons. The molecule has 0 atom stereocenters. The lowest BCUT2D eigenvalue weighted by molar-refractivity contribution is 0.0981. The molecule has 1 N–H and O–H groups in total. The monoisotopic (exact) mass is 429 g/mol. The van der Waals surface area contributed by atoms with Crippen molar-refractivity contribution in [3.63, 3.8) is 0 Å². The molecule has 0 aliphatic heterocycles. The number of aromatic nitrogens is 2. The summed E-state index contributed by atoms with van der Waals surface area (Å²) >= 11 is 0. The molecule has 3 aromatic rings. The summed E-state index contributed by atoms with van der Waals surface area (Å²) in [6.07, 6.45) is 4.13. The highest BCUT2D eigenvalue weighted by molar-refractivity contribution is 7.90. The Balaban J connectivity index is 1.86. The maximum Gasteiger partial charge on any atom is 0.268 e. The van der Waals surface area contributed by atoms with E-state index in [0.717, 1.165) is 11.1 Å². The summed E-state index contributed by atoms with van der Waals surface area (Å²) in [7, 11) is -1.27. The van der Waals surface area contributed by atoms with Crippen molar-refractivity contribution in [1.29, 1.82) is 0 Å². The smallest absolute Gasteiger partial charge is 0.268 e. The van der Waals surface area contributed by atoms with Gasteiger partial charge in [0.1, 0.15) is 16.4 Å². The molecule has 0 aliphatic carbocycles. The predicted molar refractivity (Wildman–Crippen MR) is 111 cm³/mol. The third-order valence-corrected chi connectivity index (χ3v) is 5.95. The van der Waals surface area contributed by atoms with Crippen molar-refractivity contribution >= 4 is 15.9 Å². The second-order valence-corrected chi connectivity index (χ2v) is 8.15. The molecule has 0 fully saturated rings. The van der Waals surface area contributed by atoms with Gasteiger partial charge in [-0.15, -0.1) is 0 Å². The van der Waals surface area contributed by atoms with Gasteiger partial charge in [-0.2, -0.15) is 5.10 Å². The summed E-state index contributed by atoms with van der Waals surface area (Å²) < 4.78 is 40.1. The third kappa shape index (κ3) is 4.62. The van der Waals surface area contributed by atoms with Gasteiger partial charge in [-0.1, -0.05) is 19.1 Å². The number of carbonyl (C=O) groups excluding carboxylic acids is 1. The van der Waals surface area contributed by atoms with Crippen molar-refractivity contribution in [2.75, 3.05) is 14.2 Å². The molecule has 158 valence electrons. The quantitative estimate of drug-likeness (QED) is 0.591. The van der Waals surface area contributed by atoms with E-state index >= 15 is 0 Å². The van der Waals surface area contributed by atoms with Gasteiger partial charge >= 0.3 is 0 Å². The Labute approximate surface area is 175 Å². The second kappa shape index (κ2) is 9.00. The largest absolute Gasteiger partial charge is 0.496 e. The fraction of sp³-hybridized carbons (Fsp3) is 0.238. The van der Waals surface area contributed by atoms with Crippen LogP contribution in [-0.2, 0) is 23.0 Å². The standard InChI is InChI=1S/C21H23N3O5S/c1-4-15-6-9-18(28-2)20(12-15)30(26,27)23-21(25)16-7-8-17(19(13-16)29-3)14-24-11-5-10-22-24/h5-13H,4,14H2,1-3H3,(H,23,25). The predicted octanol–water partition coefficient (Wildman–Crippen LogP) is 2.63. The number of aryl methyl sites for hydroxylation is 1. The summed E-state index contributed by atoms with van der Waals surface area (Å²) in [4.78, 5) is 12.6. The Bertz CT molecular complexity index is 1140. The van der Waals surface area contributed by atoms with Crippen LogP contribution in [0.3, 0.4) is 0 Å². The number of sulfonamides is 1. The first-order chi connectivity index (χ1) is 14.4. The number of benzene rings is 2. The van der Waals surface area contributed by atoms with E-state index < -0.39 is 15.9 Å². The summed E-state index contributed by atoms with van der Waals surface area (Å²) in [5.41, 5.74) is 1.77. The molecule has 0 aliphatic rings. The van der Waals surface area contributed by atoms with Crippen molar-refractivity contribution < 1.29 is 22.7 Å². The molecule has 2 aromatic carbocycles. The van der Waals surface area contributed by atoms with Gasteiger partial charge in [-0.25, -0.2) is 13.1 Å². The molecular formula is C21H23N3O5S. The van der Waals surface area contributed by atoms with Crippen LogP contribution in [0.15, 0.2) is 59.8 Å². The fourth-order valence-corrected chi connectivity index (χ4v) is 4.17. The molecule has 30 heavy (non-hydrogen) atoms. The molecule has 8 nitrogen and oxygen atoms in total. The fourth-order valence-electron chi connectivity index (χ4n) is 2.97. The summed E-state index contributed by atoms with van der Waals surface area (Å²) in [5, 5.41) is 4.15. The van der Waals surface area contributed by atoms with Gasteiger partial charge in [0.25, 0.3) is 15.9 Å². The van der Waals surface area contributed by atoms with Crippen molar-refractivity contribution in [3.8, 4) is 11.5 Å². The average Bonchev–Trinajstić information content (AvgIpc) is 3.26. The van der Waals surface area contributed by atoms with Gasteiger partial charge in [0.15, 0.2) is 0 Å². The summed E-state index contributed by atoms with van der Waals surface area (Å²) in [5.74, 6) is -0.136. The van der Waals surface area contributed by atoms with Gasteiger partial charge in [0.2, 0.25) is 0 Å². The molecule has 1 amide bonds. The SMILES string of the molecule is CCc1ccc(OC)c(S(=O)(=O)NC(=O)c2ccc(Cn3cccn3)c(OC)c2)c1. The Kier molecular flexibility index (Phi) is 6.41. The highest BCUT2D eigenvalue weighted by atomic mass is 32.2. The zero-order valence-electron chi connectivity index (χ0n) is 17.0. The molecule has 3 rings (SSSR count). The minimum Gasteiger partial charge on any atom is -0.496 e. The van der Waals surface area contributed by atoms with Gasteiger partial charge in [-0.3, -0.25) is 9.48 Å². The molecule has 0 saturated carbocycles. The van der Waals surface area contributed by atoms with Crippen LogP contribution in [0, 0.1) is 0 Å². The number of hydrogen-bond acceptors (Lipinski definition) is 6. The first-order valence-electron chi connectivity index (χ1n) is 9.26. The molecule has 0 unspecified atom stereocenters. The highest BCUT2D eigenvalue weighted by Gasteiger charge is 2.24. The summed E-state index contributed by atoms with van der Waals surface area (Å²) in [6, 6.07) is 11.4. The molecule has 0 spiro atoms. The number of rotatable bonds is 8. The van der Waals surface area contributed by atoms with E-state index in [4.69, 9.17) is 9.47 Å². The number of carbonyl (C=O) groups is 1. The number of amides is 1. The number of nitrogens with one attached hydrogen (secondary N) is 1. The third-order valence-electron chi connectivity index (χ3n) is 4.59. The van der Waals surface area contributed by atoms with E-state index in [2.05, 4.69) is 9.82 Å². The average molecular weight is 429 g/mol. The lowest BCUT2D eigenvalue weighted by Crippen LogP contribution is -2.31. The minimum atomic E-state index is -4.13. The van der Waals surface area contributed by atoms with Crippen LogP contribution in [0.2, 0.25) is 0 Å².